The Kier molecular flexibility index (Phi) is 3.99. The quantitative estimate of drug-likeness (QED) is 0.833. The number of hydrogen-bond acceptors (Lipinski definition) is 3. The molecule has 1 heterocycles. The van der Waals surface area contributed by atoms with Crippen molar-refractivity contribution in [2.24, 2.45) is 0 Å². The SMILES string of the molecule is Cc1cccc(-c2cc(S(=O)(=O)C(F)(F)F)ccc2Cl)n1. The van der Waals surface area contributed by atoms with Crippen LogP contribution in [0.15, 0.2) is 41.3 Å². The minimum atomic E-state index is -5.42. The third-order valence-electron chi connectivity index (χ3n) is 2.72. The van der Waals surface area contributed by atoms with E-state index in [-0.39, 0.29) is 10.6 Å². The molecule has 0 saturated carbocycles. The van der Waals surface area contributed by atoms with Crippen LogP contribution >= 0.6 is 11.6 Å². The molecular formula is C13H9ClF3NO2S. The van der Waals surface area contributed by atoms with E-state index in [1.165, 1.54) is 6.07 Å². The molecule has 0 amide bonds. The lowest BCUT2D eigenvalue weighted by Gasteiger charge is -2.11. The first-order chi connectivity index (χ1) is 9.63. The van der Waals surface area contributed by atoms with Gasteiger partial charge in [-0.25, -0.2) is 8.42 Å². The maximum absolute atomic E-state index is 12.6. The van der Waals surface area contributed by atoms with Crippen LogP contribution in [0.2, 0.25) is 5.02 Å². The average Bonchev–Trinajstić information content (AvgIpc) is 2.37. The molecule has 0 saturated heterocycles. The van der Waals surface area contributed by atoms with Gasteiger partial charge in [-0.15, -0.1) is 0 Å². The molecule has 21 heavy (non-hydrogen) atoms. The van der Waals surface area contributed by atoms with Gasteiger partial charge in [0.25, 0.3) is 9.84 Å². The Morgan fingerprint density at radius 2 is 1.81 bits per heavy atom. The van der Waals surface area contributed by atoms with E-state index in [2.05, 4.69) is 4.98 Å². The summed E-state index contributed by atoms with van der Waals surface area (Å²) in [5.74, 6) is 0. The number of rotatable bonds is 2. The maximum atomic E-state index is 12.6. The van der Waals surface area contributed by atoms with Crippen molar-refractivity contribution in [3.63, 3.8) is 0 Å². The molecule has 0 fully saturated rings. The highest BCUT2D eigenvalue weighted by Crippen LogP contribution is 2.35. The molecule has 0 unspecified atom stereocenters. The predicted molar refractivity (Wildman–Crippen MR) is 72.7 cm³/mol. The molecule has 0 N–H and O–H groups in total. The van der Waals surface area contributed by atoms with Crippen LogP contribution in [0.1, 0.15) is 5.69 Å². The molecule has 3 nitrogen and oxygen atoms in total. The van der Waals surface area contributed by atoms with Crippen LogP contribution in [0.4, 0.5) is 13.2 Å². The van der Waals surface area contributed by atoms with E-state index >= 15 is 0 Å². The Bertz CT molecular complexity index is 788. The van der Waals surface area contributed by atoms with Gasteiger partial charge in [-0.1, -0.05) is 17.7 Å². The molecule has 0 aliphatic carbocycles. The summed E-state index contributed by atoms with van der Waals surface area (Å²) in [4.78, 5) is 3.27. The standard InChI is InChI=1S/C13H9ClF3NO2S/c1-8-3-2-4-12(18-8)10-7-9(5-6-11(10)14)21(19,20)13(15,16)17/h2-7H,1H3. The average molecular weight is 336 g/mol. The van der Waals surface area contributed by atoms with E-state index in [9.17, 15) is 21.6 Å². The summed E-state index contributed by atoms with van der Waals surface area (Å²) < 4.78 is 60.6. The summed E-state index contributed by atoms with van der Waals surface area (Å²) in [6.07, 6.45) is 0. The van der Waals surface area contributed by atoms with Crippen molar-refractivity contribution in [1.29, 1.82) is 0 Å². The lowest BCUT2D eigenvalue weighted by molar-refractivity contribution is -0.0435. The van der Waals surface area contributed by atoms with Gasteiger partial charge in [-0.05, 0) is 37.3 Å². The Hall–Kier alpha value is -1.60. The molecular weight excluding hydrogens is 327 g/mol. The smallest absolute Gasteiger partial charge is 0.253 e. The number of benzene rings is 1. The summed E-state index contributed by atoms with van der Waals surface area (Å²) in [7, 11) is -5.42. The van der Waals surface area contributed by atoms with Crippen LogP contribution in [-0.4, -0.2) is 18.9 Å². The van der Waals surface area contributed by atoms with Crippen LogP contribution in [-0.2, 0) is 9.84 Å². The van der Waals surface area contributed by atoms with Gasteiger partial charge < -0.3 is 0 Å². The first kappa shape index (κ1) is 15.8. The summed E-state index contributed by atoms with van der Waals surface area (Å²) in [5.41, 5.74) is -4.30. The fraction of sp³-hybridized carbons (Fsp3) is 0.154. The zero-order valence-corrected chi connectivity index (χ0v) is 12.2. The van der Waals surface area contributed by atoms with Gasteiger partial charge in [0.2, 0.25) is 0 Å². The van der Waals surface area contributed by atoms with Crippen molar-refractivity contribution < 1.29 is 21.6 Å². The normalized spacial score (nSPS) is 12.4. The molecule has 0 radical (unpaired) electrons. The number of aryl methyl sites for hydroxylation is 1. The molecule has 2 aromatic rings. The van der Waals surface area contributed by atoms with Gasteiger partial charge in [-0.3, -0.25) is 4.98 Å². The molecule has 1 aromatic heterocycles. The monoisotopic (exact) mass is 335 g/mol. The molecule has 2 rings (SSSR count). The third-order valence-corrected chi connectivity index (χ3v) is 4.53. The van der Waals surface area contributed by atoms with E-state index in [1.807, 2.05) is 0 Å². The maximum Gasteiger partial charge on any atom is 0.501 e. The zero-order valence-electron chi connectivity index (χ0n) is 10.6. The van der Waals surface area contributed by atoms with E-state index in [1.54, 1.807) is 19.1 Å². The lowest BCUT2D eigenvalue weighted by atomic mass is 10.1. The summed E-state index contributed by atoms with van der Waals surface area (Å²) in [5, 5.41) is 0.120. The second-order valence-corrected chi connectivity index (χ2v) is 6.60. The van der Waals surface area contributed by atoms with Crippen LogP contribution in [0.25, 0.3) is 11.3 Å². The van der Waals surface area contributed by atoms with Crippen molar-refractivity contribution in [2.75, 3.05) is 0 Å². The number of sulfone groups is 1. The van der Waals surface area contributed by atoms with E-state index in [4.69, 9.17) is 11.6 Å². The Balaban J connectivity index is 2.64. The van der Waals surface area contributed by atoms with E-state index < -0.39 is 20.2 Å². The highest BCUT2D eigenvalue weighted by molar-refractivity contribution is 7.92. The fourth-order valence-electron chi connectivity index (χ4n) is 1.69. The molecule has 0 aliphatic heterocycles. The number of alkyl halides is 3. The minimum Gasteiger partial charge on any atom is -0.253 e. The van der Waals surface area contributed by atoms with Gasteiger partial charge >= 0.3 is 5.51 Å². The van der Waals surface area contributed by atoms with Gasteiger partial charge in [-0.2, -0.15) is 13.2 Å². The van der Waals surface area contributed by atoms with Gasteiger partial charge in [0.15, 0.2) is 0 Å². The highest BCUT2D eigenvalue weighted by atomic mass is 35.5. The van der Waals surface area contributed by atoms with E-state index in [0.717, 1.165) is 18.2 Å². The Labute approximate surface area is 124 Å². The number of aromatic nitrogens is 1. The van der Waals surface area contributed by atoms with Gasteiger partial charge in [0.05, 0.1) is 15.6 Å². The molecule has 8 heteroatoms. The Morgan fingerprint density at radius 1 is 1.14 bits per heavy atom. The van der Waals surface area contributed by atoms with Crippen molar-refractivity contribution in [3.05, 3.63) is 47.1 Å². The van der Waals surface area contributed by atoms with Crippen LogP contribution in [0.5, 0.6) is 0 Å². The minimum absolute atomic E-state index is 0.120. The van der Waals surface area contributed by atoms with E-state index in [0.29, 0.717) is 11.4 Å². The largest absolute Gasteiger partial charge is 0.501 e. The molecule has 0 spiro atoms. The lowest BCUT2D eigenvalue weighted by Crippen LogP contribution is -2.23. The van der Waals surface area contributed by atoms with Gasteiger partial charge in [0, 0.05) is 11.3 Å². The summed E-state index contributed by atoms with van der Waals surface area (Å²) in [6.45, 7) is 1.70. The topological polar surface area (TPSA) is 47.0 Å². The highest BCUT2D eigenvalue weighted by Gasteiger charge is 2.47. The predicted octanol–water partition coefficient (Wildman–Crippen LogP) is 4.00. The summed E-state index contributed by atoms with van der Waals surface area (Å²) >= 11 is 5.93. The van der Waals surface area contributed by atoms with Crippen molar-refractivity contribution in [3.8, 4) is 11.3 Å². The zero-order chi connectivity index (χ0) is 15.8. The fourth-order valence-corrected chi connectivity index (χ4v) is 2.70. The molecule has 112 valence electrons. The third kappa shape index (κ3) is 3.03. The van der Waals surface area contributed by atoms with Crippen molar-refractivity contribution >= 4 is 21.4 Å². The number of nitrogens with zero attached hydrogens (tertiary/aromatic N) is 1. The Morgan fingerprint density at radius 3 is 2.38 bits per heavy atom. The van der Waals surface area contributed by atoms with Crippen LogP contribution in [0.3, 0.4) is 0 Å². The van der Waals surface area contributed by atoms with Crippen LogP contribution < -0.4 is 0 Å². The first-order valence-corrected chi connectivity index (χ1v) is 7.54. The second kappa shape index (κ2) is 5.31. The molecule has 0 atom stereocenters. The van der Waals surface area contributed by atoms with Gasteiger partial charge in [0.1, 0.15) is 0 Å². The molecule has 1 aromatic carbocycles. The number of halogens is 4. The molecule has 0 aliphatic rings. The van der Waals surface area contributed by atoms with Crippen molar-refractivity contribution in [2.45, 2.75) is 17.3 Å². The molecule has 0 bridgehead atoms. The number of hydrogen-bond donors (Lipinski definition) is 0. The summed E-state index contributed by atoms with van der Waals surface area (Å²) in [6, 6.07) is 7.71. The van der Waals surface area contributed by atoms with Crippen LogP contribution in [0, 0.1) is 6.92 Å². The second-order valence-electron chi connectivity index (χ2n) is 4.26. The van der Waals surface area contributed by atoms with Crippen molar-refractivity contribution in [1.82, 2.24) is 4.98 Å². The first-order valence-electron chi connectivity index (χ1n) is 5.68. The number of pyridine rings is 1.